The summed E-state index contributed by atoms with van der Waals surface area (Å²) < 4.78 is 16.6. The molecule has 3 heterocycles. The summed E-state index contributed by atoms with van der Waals surface area (Å²) in [6.07, 6.45) is 2.67. The number of hydrogen-bond acceptors (Lipinski definition) is 6. The lowest BCUT2D eigenvalue weighted by molar-refractivity contribution is -0.143. The zero-order chi connectivity index (χ0) is 25.1. The molecule has 0 bridgehead atoms. The van der Waals surface area contributed by atoms with Gasteiger partial charge in [-0.3, -0.25) is 19.3 Å². The molecule has 2 atom stereocenters. The minimum Gasteiger partial charge on any atom is -0.454 e. The smallest absolute Gasteiger partial charge is 0.241 e. The topological polar surface area (TPSA) is 85.4 Å². The Balaban J connectivity index is 1.41. The molecule has 0 radical (unpaired) electrons. The Kier molecular flexibility index (Phi) is 6.96. The van der Waals surface area contributed by atoms with Crippen LogP contribution in [0, 0.1) is 0 Å². The number of carbonyl (C=O) groups excluding carboxylic acids is 3. The number of imide groups is 1. The van der Waals surface area contributed by atoms with Crippen LogP contribution in [0.3, 0.4) is 0 Å². The van der Waals surface area contributed by atoms with Crippen molar-refractivity contribution in [2.45, 2.75) is 57.1 Å². The molecule has 3 aliphatic rings. The van der Waals surface area contributed by atoms with E-state index in [0.29, 0.717) is 36.8 Å². The molecule has 3 aliphatic heterocycles. The predicted octanol–water partition coefficient (Wildman–Crippen LogP) is 3.42. The van der Waals surface area contributed by atoms with Crippen LogP contribution in [0.25, 0.3) is 0 Å². The number of benzene rings is 2. The number of carbonyl (C=O) groups is 3. The lowest BCUT2D eigenvalue weighted by Gasteiger charge is -2.31. The summed E-state index contributed by atoms with van der Waals surface area (Å²) in [5.74, 6) is 0.501. The van der Waals surface area contributed by atoms with Crippen molar-refractivity contribution >= 4 is 17.7 Å². The quantitative estimate of drug-likeness (QED) is 0.499. The van der Waals surface area contributed by atoms with Gasteiger partial charge in [-0.2, -0.15) is 0 Å². The first-order chi connectivity index (χ1) is 17.5. The number of likely N-dealkylation sites (tertiary alicyclic amines) is 1. The zero-order valence-corrected chi connectivity index (χ0v) is 20.6. The van der Waals surface area contributed by atoms with Crippen molar-refractivity contribution in [3.63, 3.8) is 0 Å². The van der Waals surface area contributed by atoms with Crippen LogP contribution in [0.4, 0.5) is 0 Å². The Morgan fingerprint density at radius 2 is 1.92 bits per heavy atom. The minimum atomic E-state index is -1.23. The number of ether oxygens (including phenoxy) is 3. The Labute approximate surface area is 211 Å². The predicted molar refractivity (Wildman–Crippen MR) is 131 cm³/mol. The Morgan fingerprint density at radius 1 is 1.11 bits per heavy atom. The zero-order valence-electron chi connectivity index (χ0n) is 20.6. The van der Waals surface area contributed by atoms with Gasteiger partial charge in [0.15, 0.2) is 11.5 Å². The summed E-state index contributed by atoms with van der Waals surface area (Å²) in [6.45, 7) is 4.12. The molecule has 8 nitrogen and oxygen atoms in total. The molecule has 0 saturated carbocycles. The van der Waals surface area contributed by atoms with Gasteiger partial charge in [0.1, 0.15) is 0 Å². The fourth-order valence-electron chi connectivity index (χ4n) is 5.40. The molecular weight excluding hydrogens is 460 g/mol. The van der Waals surface area contributed by atoms with Gasteiger partial charge in [0.25, 0.3) is 0 Å². The number of nitrogens with zero attached hydrogens (tertiary/aromatic N) is 2. The summed E-state index contributed by atoms with van der Waals surface area (Å²) in [5, 5.41) is 0. The average molecular weight is 493 g/mol. The van der Waals surface area contributed by atoms with E-state index in [9.17, 15) is 14.4 Å². The van der Waals surface area contributed by atoms with Crippen LogP contribution in [-0.2, 0) is 31.1 Å². The maximum absolute atomic E-state index is 14.0. The van der Waals surface area contributed by atoms with Crippen molar-refractivity contribution in [2.24, 2.45) is 0 Å². The third-order valence-corrected chi connectivity index (χ3v) is 7.26. The van der Waals surface area contributed by atoms with Gasteiger partial charge in [-0.1, -0.05) is 43.3 Å². The van der Waals surface area contributed by atoms with E-state index in [1.54, 1.807) is 17.0 Å². The second kappa shape index (κ2) is 10.3. The number of amides is 3. The molecule has 2 aromatic rings. The van der Waals surface area contributed by atoms with Gasteiger partial charge in [0.2, 0.25) is 24.5 Å². The highest BCUT2D eigenvalue weighted by atomic mass is 16.7. The normalized spacial score (nSPS) is 22.9. The van der Waals surface area contributed by atoms with Crippen LogP contribution in [-0.4, -0.2) is 60.1 Å². The van der Waals surface area contributed by atoms with Gasteiger partial charge in [0, 0.05) is 32.5 Å². The Hall–Kier alpha value is -3.39. The molecule has 8 heteroatoms. The minimum absolute atomic E-state index is 0.0246. The SMILES string of the molecule is CCCN(C[C@H]1CCCO1)C(=O)C[C@]1(c2ccccc2)CC(=O)N(Cc2ccc3c(c2)OCO3)C1=O. The van der Waals surface area contributed by atoms with Crippen LogP contribution in [0.5, 0.6) is 11.5 Å². The lowest BCUT2D eigenvalue weighted by Crippen LogP contribution is -2.45. The fourth-order valence-corrected chi connectivity index (χ4v) is 5.40. The van der Waals surface area contributed by atoms with E-state index in [2.05, 4.69) is 0 Å². The maximum Gasteiger partial charge on any atom is 0.241 e. The van der Waals surface area contributed by atoms with Gasteiger partial charge in [0.05, 0.1) is 18.1 Å². The summed E-state index contributed by atoms with van der Waals surface area (Å²) in [5.41, 5.74) is 0.231. The van der Waals surface area contributed by atoms with Crippen molar-refractivity contribution in [2.75, 3.05) is 26.5 Å². The van der Waals surface area contributed by atoms with Gasteiger partial charge in [-0.15, -0.1) is 0 Å². The maximum atomic E-state index is 14.0. The van der Waals surface area contributed by atoms with E-state index in [1.807, 2.05) is 43.3 Å². The summed E-state index contributed by atoms with van der Waals surface area (Å²) in [6, 6.07) is 14.6. The van der Waals surface area contributed by atoms with Gasteiger partial charge in [-0.25, -0.2) is 0 Å². The standard InChI is InChI=1S/C28H32N2O6/c1-2-12-29(18-22-9-6-13-34-22)25(31)15-28(21-7-4-3-5-8-21)16-26(32)30(27(28)33)17-20-10-11-23-24(14-20)36-19-35-23/h3-5,7-8,10-11,14,22H,2,6,9,12-13,15-19H2,1H3/t22-,28-/m1/s1. The van der Waals surface area contributed by atoms with Crippen LogP contribution >= 0.6 is 0 Å². The number of fused-ring (bicyclic) bond motifs is 1. The third-order valence-electron chi connectivity index (χ3n) is 7.26. The monoisotopic (exact) mass is 492 g/mol. The first kappa shape index (κ1) is 24.3. The van der Waals surface area contributed by atoms with E-state index in [0.717, 1.165) is 24.8 Å². The first-order valence-corrected chi connectivity index (χ1v) is 12.7. The molecule has 2 aromatic carbocycles. The number of rotatable bonds is 9. The van der Waals surface area contributed by atoms with E-state index in [4.69, 9.17) is 14.2 Å². The van der Waals surface area contributed by atoms with Crippen molar-refractivity contribution in [1.82, 2.24) is 9.80 Å². The van der Waals surface area contributed by atoms with Crippen molar-refractivity contribution < 1.29 is 28.6 Å². The second-order valence-corrected chi connectivity index (χ2v) is 9.75. The highest BCUT2D eigenvalue weighted by molar-refractivity contribution is 6.10. The van der Waals surface area contributed by atoms with Crippen LogP contribution < -0.4 is 9.47 Å². The largest absolute Gasteiger partial charge is 0.454 e. The van der Waals surface area contributed by atoms with Gasteiger partial charge < -0.3 is 19.1 Å². The highest BCUT2D eigenvalue weighted by Crippen LogP contribution is 2.41. The molecule has 0 unspecified atom stereocenters. The molecule has 5 rings (SSSR count). The molecule has 190 valence electrons. The van der Waals surface area contributed by atoms with Gasteiger partial charge in [-0.05, 0) is 42.5 Å². The molecule has 2 fully saturated rings. The summed E-state index contributed by atoms with van der Waals surface area (Å²) in [7, 11) is 0. The average Bonchev–Trinajstić information content (AvgIpc) is 3.62. The second-order valence-electron chi connectivity index (χ2n) is 9.75. The lowest BCUT2D eigenvalue weighted by atomic mass is 9.75. The first-order valence-electron chi connectivity index (χ1n) is 12.7. The molecule has 36 heavy (non-hydrogen) atoms. The number of hydrogen-bond donors (Lipinski definition) is 0. The van der Waals surface area contributed by atoms with Crippen molar-refractivity contribution in [3.05, 3.63) is 59.7 Å². The highest BCUT2D eigenvalue weighted by Gasteiger charge is 2.54. The summed E-state index contributed by atoms with van der Waals surface area (Å²) in [4.78, 5) is 44.0. The molecule has 3 amide bonds. The van der Waals surface area contributed by atoms with E-state index >= 15 is 0 Å². The molecule has 0 spiro atoms. The van der Waals surface area contributed by atoms with Crippen LogP contribution in [0.2, 0.25) is 0 Å². The van der Waals surface area contributed by atoms with Crippen LogP contribution in [0.1, 0.15) is 50.2 Å². The Morgan fingerprint density at radius 3 is 2.67 bits per heavy atom. The summed E-state index contributed by atoms with van der Waals surface area (Å²) >= 11 is 0. The molecule has 0 N–H and O–H groups in total. The van der Waals surface area contributed by atoms with E-state index in [-0.39, 0.29) is 50.0 Å². The van der Waals surface area contributed by atoms with Crippen molar-refractivity contribution in [1.29, 1.82) is 0 Å². The van der Waals surface area contributed by atoms with E-state index in [1.165, 1.54) is 4.90 Å². The van der Waals surface area contributed by atoms with E-state index < -0.39 is 5.41 Å². The Bertz CT molecular complexity index is 1130. The van der Waals surface area contributed by atoms with Crippen LogP contribution in [0.15, 0.2) is 48.5 Å². The molecule has 2 saturated heterocycles. The van der Waals surface area contributed by atoms with Gasteiger partial charge >= 0.3 is 0 Å². The molecular formula is C28H32N2O6. The molecule has 0 aliphatic carbocycles. The third kappa shape index (κ3) is 4.69. The fraction of sp³-hybridized carbons (Fsp3) is 0.464. The molecule has 0 aromatic heterocycles. The van der Waals surface area contributed by atoms with Crippen molar-refractivity contribution in [3.8, 4) is 11.5 Å².